The number of rotatable bonds is 8. The molecule has 0 aliphatic heterocycles. The van der Waals surface area contributed by atoms with Gasteiger partial charge in [0.2, 0.25) is 0 Å². The predicted octanol–water partition coefficient (Wildman–Crippen LogP) is 2.10. The molecule has 114 valence electrons. The van der Waals surface area contributed by atoms with Crippen molar-refractivity contribution >= 4 is 0 Å². The van der Waals surface area contributed by atoms with Crippen LogP contribution < -0.4 is 5.32 Å². The van der Waals surface area contributed by atoms with Crippen molar-refractivity contribution in [1.82, 2.24) is 5.32 Å². The average Bonchev–Trinajstić information content (AvgIpc) is 2.34. The minimum Gasteiger partial charge on any atom is -0.394 e. The first-order valence-electron chi connectivity index (χ1n) is 7.59. The Hall–Kier alpha value is -0.160. The zero-order valence-corrected chi connectivity index (χ0v) is 12.9. The van der Waals surface area contributed by atoms with Crippen LogP contribution in [0.2, 0.25) is 0 Å². The van der Waals surface area contributed by atoms with E-state index in [4.69, 9.17) is 9.47 Å². The maximum absolute atomic E-state index is 9.71. The smallest absolute Gasteiger partial charge is 0.0704 e. The molecule has 0 aromatic rings. The van der Waals surface area contributed by atoms with Gasteiger partial charge in [-0.15, -0.1) is 0 Å². The third-order valence-electron chi connectivity index (χ3n) is 3.59. The first kappa shape index (κ1) is 16.9. The van der Waals surface area contributed by atoms with Crippen LogP contribution in [0, 0.1) is 0 Å². The molecular formula is C15H31NO3. The molecule has 0 bridgehead atoms. The SMILES string of the molecule is CC(C)NC1(CO)CCCC(OCCOC(C)C)C1. The van der Waals surface area contributed by atoms with Crippen LogP contribution in [0.5, 0.6) is 0 Å². The first-order chi connectivity index (χ1) is 8.97. The molecule has 0 aromatic carbocycles. The fourth-order valence-electron chi connectivity index (χ4n) is 2.88. The standard InChI is InChI=1S/C15H31NO3/c1-12(2)16-15(11-17)7-5-6-14(10-15)19-9-8-18-13(3)4/h12-14,16-17H,5-11H2,1-4H3. The van der Waals surface area contributed by atoms with E-state index < -0.39 is 0 Å². The van der Waals surface area contributed by atoms with E-state index in [1.807, 2.05) is 13.8 Å². The van der Waals surface area contributed by atoms with Gasteiger partial charge in [-0.3, -0.25) is 0 Å². The van der Waals surface area contributed by atoms with Gasteiger partial charge in [0, 0.05) is 11.6 Å². The molecular weight excluding hydrogens is 242 g/mol. The summed E-state index contributed by atoms with van der Waals surface area (Å²) in [5.74, 6) is 0. The summed E-state index contributed by atoms with van der Waals surface area (Å²) in [6.45, 7) is 9.79. The Morgan fingerprint density at radius 3 is 2.58 bits per heavy atom. The molecule has 1 aliphatic carbocycles. The Balaban J connectivity index is 2.35. The van der Waals surface area contributed by atoms with Gasteiger partial charge in [0.1, 0.15) is 0 Å². The fraction of sp³-hybridized carbons (Fsp3) is 1.00. The van der Waals surface area contributed by atoms with Gasteiger partial charge in [-0.05, 0) is 39.5 Å². The van der Waals surface area contributed by atoms with Gasteiger partial charge in [0.25, 0.3) is 0 Å². The summed E-state index contributed by atoms with van der Waals surface area (Å²) in [6, 6.07) is 0.384. The zero-order chi connectivity index (χ0) is 14.3. The van der Waals surface area contributed by atoms with E-state index in [2.05, 4.69) is 19.2 Å². The second kappa shape index (κ2) is 8.20. The summed E-state index contributed by atoms with van der Waals surface area (Å²) >= 11 is 0. The van der Waals surface area contributed by atoms with Crippen molar-refractivity contribution in [3.05, 3.63) is 0 Å². The van der Waals surface area contributed by atoms with Crippen LogP contribution in [0.3, 0.4) is 0 Å². The van der Waals surface area contributed by atoms with Gasteiger partial charge >= 0.3 is 0 Å². The van der Waals surface area contributed by atoms with Crippen LogP contribution in [0.25, 0.3) is 0 Å². The van der Waals surface area contributed by atoms with Gasteiger partial charge in [0.05, 0.1) is 32.0 Å². The molecule has 2 unspecified atom stereocenters. The number of hydrogen-bond acceptors (Lipinski definition) is 4. The van der Waals surface area contributed by atoms with E-state index in [1.54, 1.807) is 0 Å². The zero-order valence-electron chi connectivity index (χ0n) is 12.9. The normalized spacial score (nSPS) is 28.3. The lowest BCUT2D eigenvalue weighted by Gasteiger charge is -2.41. The predicted molar refractivity (Wildman–Crippen MR) is 77.4 cm³/mol. The molecule has 1 aliphatic rings. The van der Waals surface area contributed by atoms with Crippen molar-refractivity contribution in [3.63, 3.8) is 0 Å². The summed E-state index contributed by atoms with van der Waals surface area (Å²) in [6.07, 6.45) is 4.61. The number of aliphatic hydroxyl groups excluding tert-OH is 1. The molecule has 0 amide bonds. The van der Waals surface area contributed by atoms with E-state index in [-0.39, 0.29) is 24.4 Å². The maximum atomic E-state index is 9.71. The Morgan fingerprint density at radius 2 is 2.00 bits per heavy atom. The third-order valence-corrected chi connectivity index (χ3v) is 3.59. The van der Waals surface area contributed by atoms with Crippen LogP contribution in [-0.4, -0.2) is 48.7 Å². The van der Waals surface area contributed by atoms with Crippen molar-refractivity contribution in [2.75, 3.05) is 19.8 Å². The topological polar surface area (TPSA) is 50.7 Å². The van der Waals surface area contributed by atoms with Crippen LogP contribution in [0.15, 0.2) is 0 Å². The van der Waals surface area contributed by atoms with Gasteiger partial charge in [0.15, 0.2) is 0 Å². The van der Waals surface area contributed by atoms with Crippen molar-refractivity contribution < 1.29 is 14.6 Å². The molecule has 0 saturated heterocycles. The monoisotopic (exact) mass is 273 g/mol. The lowest BCUT2D eigenvalue weighted by atomic mass is 9.80. The highest BCUT2D eigenvalue weighted by Crippen LogP contribution is 2.30. The minimum absolute atomic E-state index is 0.157. The number of hydrogen-bond donors (Lipinski definition) is 2. The molecule has 1 rings (SSSR count). The fourth-order valence-corrected chi connectivity index (χ4v) is 2.88. The van der Waals surface area contributed by atoms with Crippen LogP contribution in [0.1, 0.15) is 53.4 Å². The van der Waals surface area contributed by atoms with E-state index in [0.29, 0.717) is 19.3 Å². The second-order valence-electron chi connectivity index (χ2n) is 6.25. The Bertz CT molecular complexity index is 246. The summed E-state index contributed by atoms with van der Waals surface area (Å²) in [5, 5.41) is 13.2. The summed E-state index contributed by atoms with van der Waals surface area (Å²) in [7, 11) is 0. The second-order valence-corrected chi connectivity index (χ2v) is 6.25. The van der Waals surface area contributed by atoms with E-state index in [9.17, 15) is 5.11 Å². The Kier molecular flexibility index (Phi) is 7.29. The minimum atomic E-state index is -0.157. The van der Waals surface area contributed by atoms with Crippen molar-refractivity contribution in [2.24, 2.45) is 0 Å². The van der Waals surface area contributed by atoms with Crippen LogP contribution in [0.4, 0.5) is 0 Å². The molecule has 0 heterocycles. The molecule has 4 heteroatoms. The van der Waals surface area contributed by atoms with E-state index >= 15 is 0 Å². The summed E-state index contributed by atoms with van der Waals surface area (Å²) < 4.78 is 11.4. The molecule has 4 nitrogen and oxygen atoms in total. The lowest BCUT2D eigenvalue weighted by molar-refractivity contribution is -0.0473. The average molecular weight is 273 g/mol. The molecule has 2 N–H and O–H groups in total. The van der Waals surface area contributed by atoms with Crippen molar-refractivity contribution in [1.29, 1.82) is 0 Å². The third kappa shape index (κ3) is 6.21. The Labute approximate surface area is 117 Å². The number of aliphatic hydroxyl groups is 1. The van der Waals surface area contributed by atoms with Gasteiger partial charge in [-0.1, -0.05) is 13.8 Å². The molecule has 0 spiro atoms. The lowest BCUT2D eigenvalue weighted by Crippen LogP contribution is -2.55. The van der Waals surface area contributed by atoms with Crippen molar-refractivity contribution in [2.45, 2.75) is 77.2 Å². The summed E-state index contributed by atoms with van der Waals surface area (Å²) in [5.41, 5.74) is -0.157. The number of ether oxygens (including phenoxy) is 2. The van der Waals surface area contributed by atoms with Gasteiger partial charge in [-0.2, -0.15) is 0 Å². The van der Waals surface area contributed by atoms with E-state index in [0.717, 1.165) is 25.7 Å². The highest BCUT2D eigenvalue weighted by Gasteiger charge is 2.36. The molecule has 1 saturated carbocycles. The molecule has 1 fully saturated rings. The van der Waals surface area contributed by atoms with Crippen molar-refractivity contribution in [3.8, 4) is 0 Å². The van der Waals surface area contributed by atoms with Crippen LogP contribution in [-0.2, 0) is 9.47 Å². The van der Waals surface area contributed by atoms with Gasteiger partial charge < -0.3 is 19.9 Å². The molecule has 0 radical (unpaired) electrons. The molecule has 0 aromatic heterocycles. The van der Waals surface area contributed by atoms with E-state index in [1.165, 1.54) is 0 Å². The van der Waals surface area contributed by atoms with Gasteiger partial charge in [-0.25, -0.2) is 0 Å². The first-order valence-corrected chi connectivity index (χ1v) is 7.59. The molecule has 2 atom stereocenters. The Morgan fingerprint density at radius 1 is 1.26 bits per heavy atom. The quantitative estimate of drug-likeness (QED) is 0.665. The molecule has 19 heavy (non-hydrogen) atoms. The summed E-state index contributed by atoms with van der Waals surface area (Å²) in [4.78, 5) is 0. The van der Waals surface area contributed by atoms with Crippen LogP contribution >= 0.6 is 0 Å². The highest BCUT2D eigenvalue weighted by atomic mass is 16.5. The maximum Gasteiger partial charge on any atom is 0.0704 e. The number of nitrogens with one attached hydrogen (secondary N) is 1. The highest BCUT2D eigenvalue weighted by molar-refractivity contribution is 4.94. The largest absolute Gasteiger partial charge is 0.394 e.